The van der Waals surface area contributed by atoms with Gasteiger partial charge in [0.1, 0.15) is 11.5 Å². The fourth-order valence-electron chi connectivity index (χ4n) is 2.54. The zero-order chi connectivity index (χ0) is 27.1. The highest BCUT2D eigenvalue weighted by molar-refractivity contribution is 6.68. The molecule has 0 saturated heterocycles. The minimum Gasteiger partial charge on any atom is -0.466 e. The molecule has 2 N–H and O–H groups in total. The minimum atomic E-state index is -2.18. The molecule has 9 nitrogen and oxygen atoms in total. The summed E-state index contributed by atoms with van der Waals surface area (Å²) in [7, 11) is 2.42. The van der Waals surface area contributed by atoms with Crippen molar-refractivity contribution in [2.45, 2.75) is 20.0 Å². The molecule has 2 aromatic carbocycles. The van der Waals surface area contributed by atoms with Crippen LogP contribution in [-0.4, -0.2) is 52.2 Å². The van der Waals surface area contributed by atoms with E-state index in [1.807, 2.05) is 0 Å². The second-order valence-corrected chi connectivity index (χ2v) is 11.5. The molecule has 0 fully saturated rings. The third-order valence-corrected chi connectivity index (χ3v) is 5.33. The van der Waals surface area contributed by atoms with Crippen molar-refractivity contribution in [2.75, 3.05) is 14.2 Å². The first-order valence-electron chi connectivity index (χ1n) is 9.65. The molecule has 0 aliphatic carbocycles. The number of halogens is 6. The van der Waals surface area contributed by atoms with Crippen molar-refractivity contribution in [3.63, 3.8) is 0 Å². The lowest BCUT2D eigenvalue weighted by atomic mass is 10.2. The first-order chi connectivity index (χ1) is 16.7. The van der Waals surface area contributed by atoms with E-state index in [4.69, 9.17) is 79.1 Å². The van der Waals surface area contributed by atoms with Crippen LogP contribution in [0.5, 0.6) is 11.5 Å². The van der Waals surface area contributed by atoms with Crippen LogP contribution in [-0.2, 0) is 9.47 Å². The number of benzene rings is 2. The number of alkyl halides is 6. The quantitative estimate of drug-likeness (QED) is 0.230. The maximum absolute atomic E-state index is 12.7. The molecule has 0 saturated carbocycles. The lowest BCUT2D eigenvalue weighted by Crippen LogP contribution is -2.56. The third-order valence-electron chi connectivity index (χ3n) is 4.14. The van der Waals surface area contributed by atoms with Gasteiger partial charge in [-0.2, -0.15) is 0 Å². The summed E-state index contributed by atoms with van der Waals surface area (Å²) in [5.41, 5.74) is 0.308. The second kappa shape index (κ2) is 13.0. The lowest BCUT2D eigenvalue weighted by Gasteiger charge is -2.30. The SMILES string of the molecule is COC(=O)c1cccc(OC(NC(=O)NC(Oc2cccc(C(=O)OC)c2)C(Cl)(Cl)Cl)C(Cl)(Cl)Cl)c1. The number of nitrogens with one attached hydrogen (secondary N) is 2. The number of amides is 2. The molecular formula is C21H18Cl6N2O7. The molecule has 0 heterocycles. The Morgan fingerprint density at radius 3 is 1.36 bits per heavy atom. The van der Waals surface area contributed by atoms with Crippen LogP contribution in [0.1, 0.15) is 20.7 Å². The van der Waals surface area contributed by atoms with E-state index in [-0.39, 0.29) is 22.6 Å². The topological polar surface area (TPSA) is 112 Å². The predicted octanol–water partition coefficient (Wildman–Crippen LogP) is 5.41. The Balaban J connectivity index is 2.18. The predicted molar refractivity (Wildman–Crippen MR) is 137 cm³/mol. The molecule has 2 unspecified atom stereocenters. The maximum Gasteiger partial charge on any atom is 0.337 e. The summed E-state index contributed by atoms with van der Waals surface area (Å²) in [5, 5.41) is 4.56. The van der Waals surface area contributed by atoms with Gasteiger partial charge in [-0.25, -0.2) is 14.4 Å². The summed E-state index contributed by atoms with van der Waals surface area (Å²) in [6.45, 7) is 0. The van der Waals surface area contributed by atoms with Gasteiger partial charge in [0.2, 0.25) is 20.0 Å². The van der Waals surface area contributed by atoms with Gasteiger partial charge in [-0.15, -0.1) is 0 Å². The highest BCUT2D eigenvalue weighted by atomic mass is 35.6. The highest BCUT2D eigenvalue weighted by Crippen LogP contribution is 2.34. The molecule has 2 atom stereocenters. The van der Waals surface area contributed by atoms with Crippen LogP contribution < -0.4 is 20.1 Å². The van der Waals surface area contributed by atoms with Crippen molar-refractivity contribution < 1.29 is 33.3 Å². The van der Waals surface area contributed by atoms with Gasteiger partial charge in [0, 0.05) is 0 Å². The molecule has 15 heteroatoms. The molecule has 0 aliphatic rings. The van der Waals surface area contributed by atoms with E-state index in [1.54, 1.807) is 0 Å². The molecule has 0 aliphatic heterocycles. The molecular weight excluding hydrogens is 605 g/mol. The van der Waals surface area contributed by atoms with Crippen LogP contribution in [0.2, 0.25) is 0 Å². The molecule has 36 heavy (non-hydrogen) atoms. The molecule has 2 rings (SSSR count). The van der Waals surface area contributed by atoms with E-state index >= 15 is 0 Å². The van der Waals surface area contributed by atoms with Crippen molar-refractivity contribution in [2.24, 2.45) is 0 Å². The molecule has 0 spiro atoms. The van der Waals surface area contributed by atoms with E-state index in [0.29, 0.717) is 0 Å². The van der Waals surface area contributed by atoms with Crippen LogP contribution >= 0.6 is 69.6 Å². The van der Waals surface area contributed by atoms with Gasteiger partial charge in [0.15, 0.2) is 0 Å². The normalized spacial score (nSPS) is 13.1. The summed E-state index contributed by atoms with van der Waals surface area (Å²) in [6, 6.07) is 10.5. The van der Waals surface area contributed by atoms with Gasteiger partial charge in [-0.05, 0) is 36.4 Å². The van der Waals surface area contributed by atoms with Crippen LogP contribution in [0.4, 0.5) is 4.79 Å². The number of esters is 2. The number of hydrogen-bond acceptors (Lipinski definition) is 7. The number of rotatable bonds is 8. The van der Waals surface area contributed by atoms with E-state index in [0.717, 1.165) is 0 Å². The molecule has 0 bridgehead atoms. The highest BCUT2D eigenvalue weighted by Gasteiger charge is 2.40. The van der Waals surface area contributed by atoms with Crippen molar-refractivity contribution in [3.8, 4) is 11.5 Å². The summed E-state index contributed by atoms with van der Waals surface area (Å²) in [6.07, 6.45) is -3.15. The number of carbonyl (C=O) groups excluding carboxylic acids is 3. The Morgan fingerprint density at radius 1 is 0.694 bits per heavy atom. The Morgan fingerprint density at radius 2 is 1.06 bits per heavy atom. The number of ether oxygens (including phenoxy) is 4. The lowest BCUT2D eigenvalue weighted by molar-refractivity contribution is 0.0591. The molecule has 0 aromatic heterocycles. The van der Waals surface area contributed by atoms with Crippen LogP contribution in [0.15, 0.2) is 48.5 Å². The number of carbonyl (C=O) groups is 3. The fourth-order valence-corrected chi connectivity index (χ4v) is 3.13. The third kappa shape index (κ3) is 9.14. The van der Waals surface area contributed by atoms with Gasteiger partial charge in [-0.3, -0.25) is 10.6 Å². The minimum absolute atomic E-state index is 0.0725. The summed E-state index contributed by atoms with van der Waals surface area (Å²) in [4.78, 5) is 36.2. The molecule has 196 valence electrons. The average molecular weight is 623 g/mol. The number of urea groups is 1. The van der Waals surface area contributed by atoms with Gasteiger partial charge >= 0.3 is 18.0 Å². The molecule has 2 amide bonds. The van der Waals surface area contributed by atoms with Crippen LogP contribution in [0, 0.1) is 0 Å². The van der Waals surface area contributed by atoms with E-state index in [9.17, 15) is 14.4 Å². The van der Waals surface area contributed by atoms with Crippen molar-refractivity contribution in [1.29, 1.82) is 0 Å². The van der Waals surface area contributed by atoms with Gasteiger partial charge < -0.3 is 18.9 Å². The van der Waals surface area contributed by atoms with Gasteiger partial charge in [-0.1, -0.05) is 81.7 Å². The van der Waals surface area contributed by atoms with Crippen molar-refractivity contribution in [3.05, 3.63) is 59.7 Å². The van der Waals surface area contributed by atoms with Crippen LogP contribution in [0.25, 0.3) is 0 Å². The van der Waals surface area contributed by atoms with Crippen LogP contribution in [0.3, 0.4) is 0 Å². The first-order valence-corrected chi connectivity index (χ1v) is 11.9. The van der Waals surface area contributed by atoms with E-state index < -0.39 is 38.0 Å². The van der Waals surface area contributed by atoms with Gasteiger partial charge in [0.25, 0.3) is 0 Å². The summed E-state index contributed by atoms with van der Waals surface area (Å²) in [5.74, 6) is -1.11. The standard InChI is InChI=1S/C21H18Cl6N2O7/c1-33-15(30)11-5-3-7-13(9-11)35-17(20(22,23)24)28-19(32)29-18(21(25,26)27)36-14-8-4-6-12(10-14)16(31)34-2/h3-10,17-18H,1-2H3,(H2,28,29,32). The van der Waals surface area contributed by atoms with E-state index in [1.165, 1.54) is 62.8 Å². The zero-order valence-corrected chi connectivity index (χ0v) is 22.9. The second-order valence-electron chi connectivity index (χ2n) is 6.74. The smallest absolute Gasteiger partial charge is 0.337 e. The Labute approximate surface area is 236 Å². The molecule has 0 radical (unpaired) electrons. The Bertz CT molecular complexity index is 1010. The summed E-state index contributed by atoms with van der Waals surface area (Å²) >= 11 is 35.7. The van der Waals surface area contributed by atoms with Crippen molar-refractivity contribution >= 4 is 87.6 Å². The zero-order valence-electron chi connectivity index (χ0n) is 18.4. The summed E-state index contributed by atoms with van der Waals surface area (Å²) < 4.78 is 16.1. The Hall–Kier alpha value is -2.01. The maximum atomic E-state index is 12.7. The Kier molecular flexibility index (Phi) is 10.9. The average Bonchev–Trinajstić information content (AvgIpc) is 2.81. The first kappa shape index (κ1) is 30.2. The van der Waals surface area contributed by atoms with Crippen molar-refractivity contribution in [1.82, 2.24) is 10.6 Å². The largest absolute Gasteiger partial charge is 0.466 e. The van der Waals surface area contributed by atoms with Gasteiger partial charge in [0.05, 0.1) is 25.3 Å². The van der Waals surface area contributed by atoms with E-state index in [2.05, 4.69) is 20.1 Å². The number of methoxy groups -OCH3 is 2. The fraction of sp³-hybridized carbons (Fsp3) is 0.286. The monoisotopic (exact) mass is 620 g/mol. The number of hydrogen-bond donors (Lipinski definition) is 2. The molecule has 2 aromatic rings.